The minimum Gasteiger partial charge on any atom is -0.411 e. The van der Waals surface area contributed by atoms with E-state index in [-0.39, 0.29) is 17.7 Å². The first kappa shape index (κ1) is 15.1. The zero-order valence-electron chi connectivity index (χ0n) is 11.6. The van der Waals surface area contributed by atoms with Gasteiger partial charge in [0.2, 0.25) is 0 Å². The normalized spacial score (nSPS) is 31.6. The van der Waals surface area contributed by atoms with E-state index in [1.807, 2.05) is 0 Å². The number of aliphatic hydroxyl groups excluding tert-OH is 2. The Hall–Kier alpha value is 0.0569. The summed E-state index contributed by atoms with van der Waals surface area (Å²) in [7, 11) is -1.85. The Morgan fingerprint density at radius 3 is 2.35 bits per heavy atom. The maximum absolute atomic E-state index is 9.41. The van der Waals surface area contributed by atoms with Gasteiger partial charge in [0.05, 0.1) is 12.7 Å². The van der Waals surface area contributed by atoms with Gasteiger partial charge in [-0.15, -0.1) is 0 Å². The molecule has 3 atom stereocenters. The van der Waals surface area contributed by atoms with Crippen LogP contribution in [0.25, 0.3) is 0 Å². The van der Waals surface area contributed by atoms with Crippen LogP contribution >= 0.6 is 0 Å². The molecular weight excluding hydrogens is 236 g/mol. The van der Waals surface area contributed by atoms with Crippen molar-refractivity contribution < 1.29 is 19.4 Å². The average Bonchev–Trinajstić information content (AvgIpc) is 2.18. The predicted octanol–water partition coefficient (Wildman–Crippen LogP) is 1.87. The lowest BCUT2D eigenvalue weighted by Gasteiger charge is -2.43. The van der Waals surface area contributed by atoms with Gasteiger partial charge in [0.15, 0.2) is 14.6 Å². The molecule has 1 aliphatic rings. The van der Waals surface area contributed by atoms with E-state index in [1.165, 1.54) is 0 Å². The Morgan fingerprint density at radius 2 is 1.88 bits per heavy atom. The van der Waals surface area contributed by atoms with Crippen molar-refractivity contribution in [1.82, 2.24) is 0 Å². The van der Waals surface area contributed by atoms with Crippen LogP contribution in [-0.2, 0) is 9.16 Å². The number of aliphatic hydroxyl groups is 2. The second-order valence-electron chi connectivity index (χ2n) is 6.31. The highest BCUT2D eigenvalue weighted by Crippen LogP contribution is 2.39. The van der Waals surface area contributed by atoms with Crippen LogP contribution in [0.3, 0.4) is 0 Å². The second-order valence-corrected chi connectivity index (χ2v) is 11.1. The molecule has 17 heavy (non-hydrogen) atoms. The van der Waals surface area contributed by atoms with Gasteiger partial charge in [-0.1, -0.05) is 20.8 Å². The predicted molar refractivity (Wildman–Crippen MR) is 69.3 cm³/mol. The highest BCUT2D eigenvalue weighted by molar-refractivity contribution is 6.74. The first-order chi connectivity index (χ1) is 7.67. The van der Waals surface area contributed by atoms with Gasteiger partial charge in [0, 0.05) is 6.42 Å². The molecule has 0 bridgehead atoms. The van der Waals surface area contributed by atoms with E-state index >= 15 is 0 Å². The monoisotopic (exact) mass is 262 g/mol. The van der Waals surface area contributed by atoms with Crippen molar-refractivity contribution in [3.63, 3.8) is 0 Å². The number of hydrogen-bond donors (Lipinski definition) is 2. The summed E-state index contributed by atoms with van der Waals surface area (Å²) in [5.41, 5.74) is 0. The molecule has 0 radical (unpaired) electrons. The molecule has 1 saturated heterocycles. The summed E-state index contributed by atoms with van der Waals surface area (Å²) in [5.74, 6) is 0. The van der Waals surface area contributed by atoms with E-state index < -0.39 is 20.7 Å². The second kappa shape index (κ2) is 5.36. The third-order valence-corrected chi connectivity index (χ3v) is 8.38. The zero-order chi connectivity index (χ0) is 13.3. The molecule has 1 rings (SSSR count). The summed E-state index contributed by atoms with van der Waals surface area (Å²) in [4.78, 5) is 0. The lowest BCUT2D eigenvalue weighted by atomic mass is 10.1. The van der Waals surface area contributed by atoms with Crippen molar-refractivity contribution >= 4 is 8.32 Å². The third-order valence-electron chi connectivity index (χ3n) is 3.88. The summed E-state index contributed by atoms with van der Waals surface area (Å²) < 4.78 is 11.5. The van der Waals surface area contributed by atoms with Crippen LogP contribution in [0.4, 0.5) is 0 Å². The molecule has 0 aromatic carbocycles. The molecule has 4 nitrogen and oxygen atoms in total. The highest BCUT2D eigenvalue weighted by atomic mass is 28.4. The van der Waals surface area contributed by atoms with Crippen LogP contribution in [-0.4, -0.2) is 43.6 Å². The molecule has 2 N–H and O–H groups in total. The third kappa shape index (κ3) is 3.76. The average molecular weight is 262 g/mol. The molecule has 0 spiro atoms. The van der Waals surface area contributed by atoms with Gasteiger partial charge in [-0.05, 0) is 24.6 Å². The van der Waals surface area contributed by atoms with E-state index in [0.29, 0.717) is 6.42 Å². The first-order valence-electron chi connectivity index (χ1n) is 6.29. The standard InChI is InChI=1S/C12H26O4Si/c1-12(2,3)17(4,5)16-9-6-7-11(14)15-10(9)8-13/h9-11,13-14H,6-8H2,1-5H3/t9-,10+,11-/m0/s1. The minimum absolute atomic E-state index is 0.0932. The fourth-order valence-electron chi connectivity index (χ4n) is 1.70. The molecule has 0 aliphatic carbocycles. The molecule has 0 saturated carbocycles. The van der Waals surface area contributed by atoms with E-state index in [4.69, 9.17) is 9.16 Å². The minimum atomic E-state index is -1.85. The van der Waals surface area contributed by atoms with Gasteiger partial charge >= 0.3 is 0 Å². The van der Waals surface area contributed by atoms with Crippen LogP contribution in [0.5, 0.6) is 0 Å². The zero-order valence-corrected chi connectivity index (χ0v) is 12.6. The summed E-state index contributed by atoms with van der Waals surface area (Å²) in [5, 5.41) is 18.8. The fraction of sp³-hybridized carbons (Fsp3) is 1.00. The quantitative estimate of drug-likeness (QED) is 0.762. The lowest BCUT2D eigenvalue weighted by molar-refractivity contribution is -0.204. The van der Waals surface area contributed by atoms with Crippen LogP contribution in [0.2, 0.25) is 18.1 Å². The van der Waals surface area contributed by atoms with Crippen molar-refractivity contribution in [3.05, 3.63) is 0 Å². The maximum atomic E-state index is 9.41. The van der Waals surface area contributed by atoms with E-state index in [1.54, 1.807) is 0 Å². The van der Waals surface area contributed by atoms with E-state index in [2.05, 4.69) is 33.9 Å². The largest absolute Gasteiger partial charge is 0.411 e. The van der Waals surface area contributed by atoms with Crippen molar-refractivity contribution in [2.24, 2.45) is 0 Å². The van der Waals surface area contributed by atoms with E-state index in [9.17, 15) is 10.2 Å². The maximum Gasteiger partial charge on any atom is 0.192 e. The van der Waals surface area contributed by atoms with Gasteiger partial charge in [-0.25, -0.2) is 0 Å². The first-order valence-corrected chi connectivity index (χ1v) is 9.20. The van der Waals surface area contributed by atoms with Gasteiger partial charge in [-0.3, -0.25) is 0 Å². The Bertz CT molecular complexity index is 249. The molecule has 1 heterocycles. The van der Waals surface area contributed by atoms with Gasteiger partial charge in [-0.2, -0.15) is 0 Å². The molecule has 0 aromatic rings. The summed E-state index contributed by atoms with van der Waals surface area (Å²) in [6.45, 7) is 10.8. The molecule has 0 amide bonds. The molecule has 5 heteroatoms. The van der Waals surface area contributed by atoms with Crippen LogP contribution in [0.1, 0.15) is 33.6 Å². The molecule has 102 valence electrons. The van der Waals surface area contributed by atoms with Gasteiger partial charge in [0.1, 0.15) is 6.10 Å². The van der Waals surface area contributed by atoms with Crippen molar-refractivity contribution in [2.45, 2.75) is 70.2 Å². The molecule has 0 unspecified atom stereocenters. The Labute approximate surface area is 105 Å². The summed E-state index contributed by atoms with van der Waals surface area (Å²) in [6.07, 6.45) is 0.0814. The summed E-state index contributed by atoms with van der Waals surface area (Å²) in [6, 6.07) is 0. The number of hydrogen-bond acceptors (Lipinski definition) is 4. The van der Waals surface area contributed by atoms with Gasteiger partial charge < -0.3 is 19.4 Å². The molecular formula is C12H26O4Si. The van der Waals surface area contributed by atoms with Crippen LogP contribution in [0.15, 0.2) is 0 Å². The SMILES string of the molecule is CC(C)(C)[Si](C)(C)O[C@H]1CC[C@@H](O)O[C@@H]1CO. The smallest absolute Gasteiger partial charge is 0.192 e. The van der Waals surface area contributed by atoms with Crippen molar-refractivity contribution in [3.8, 4) is 0 Å². The Kier molecular flexibility index (Phi) is 4.77. The number of rotatable bonds is 3. The van der Waals surface area contributed by atoms with Crippen LogP contribution in [0, 0.1) is 0 Å². The fourth-order valence-corrected chi connectivity index (χ4v) is 3.08. The molecule has 1 fully saturated rings. The van der Waals surface area contributed by atoms with Crippen molar-refractivity contribution in [1.29, 1.82) is 0 Å². The lowest BCUT2D eigenvalue weighted by Crippen LogP contribution is -2.51. The summed E-state index contributed by atoms with van der Waals surface area (Å²) >= 11 is 0. The molecule has 0 aromatic heterocycles. The Balaban J connectivity index is 2.67. The highest BCUT2D eigenvalue weighted by Gasteiger charge is 2.42. The molecule has 1 aliphatic heterocycles. The number of ether oxygens (including phenoxy) is 1. The Morgan fingerprint density at radius 1 is 1.29 bits per heavy atom. The van der Waals surface area contributed by atoms with E-state index in [0.717, 1.165) is 6.42 Å². The topological polar surface area (TPSA) is 58.9 Å². The van der Waals surface area contributed by atoms with Crippen LogP contribution < -0.4 is 0 Å². The van der Waals surface area contributed by atoms with Crippen molar-refractivity contribution in [2.75, 3.05) is 6.61 Å². The van der Waals surface area contributed by atoms with Gasteiger partial charge in [0.25, 0.3) is 0 Å².